The average Bonchev–Trinajstić information content (AvgIpc) is 3.52. The van der Waals surface area contributed by atoms with Crippen molar-refractivity contribution >= 4 is 38.8 Å². The number of rotatable bonds is 6. The van der Waals surface area contributed by atoms with E-state index < -0.39 is 0 Å². The summed E-state index contributed by atoms with van der Waals surface area (Å²) in [4.78, 5) is 19.6. The molecule has 1 atom stereocenters. The van der Waals surface area contributed by atoms with Gasteiger partial charge in [0.1, 0.15) is 15.8 Å². The van der Waals surface area contributed by atoms with Gasteiger partial charge in [0.2, 0.25) is 5.01 Å². The summed E-state index contributed by atoms with van der Waals surface area (Å²) in [6.45, 7) is 1.95. The summed E-state index contributed by atoms with van der Waals surface area (Å²) >= 11 is 3.07. The molecule has 1 amide bonds. The van der Waals surface area contributed by atoms with Gasteiger partial charge in [-0.25, -0.2) is 9.37 Å². The van der Waals surface area contributed by atoms with Gasteiger partial charge in [0.05, 0.1) is 22.8 Å². The van der Waals surface area contributed by atoms with Crippen LogP contribution >= 0.6 is 22.7 Å². The molecule has 0 spiro atoms. The zero-order chi connectivity index (χ0) is 21.2. The van der Waals surface area contributed by atoms with E-state index in [1.165, 1.54) is 28.2 Å². The molecule has 31 heavy (non-hydrogen) atoms. The highest BCUT2D eigenvalue weighted by atomic mass is 32.1. The van der Waals surface area contributed by atoms with Crippen LogP contribution in [0.1, 0.15) is 44.3 Å². The third kappa shape index (κ3) is 4.48. The second-order valence-corrected chi connectivity index (χ2v) is 9.58. The van der Waals surface area contributed by atoms with Crippen LogP contribution in [-0.2, 0) is 13.1 Å². The van der Waals surface area contributed by atoms with Crippen LogP contribution in [0.5, 0.6) is 0 Å². The molecule has 1 aliphatic heterocycles. The van der Waals surface area contributed by atoms with Crippen molar-refractivity contribution < 1.29 is 9.18 Å². The van der Waals surface area contributed by atoms with Crippen LogP contribution in [0.2, 0.25) is 0 Å². The van der Waals surface area contributed by atoms with Gasteiger partial charge in [-0.15, -0.1) is 21.5 Å². The van der Waals surface area contributed by atoms with Crippen LogP contribution in [0.25, 0.3) is 10.2 Å². The highest BCUT2D eigenvalue weighted by Crippen LogP contribution is 2.37. The number of carbonyl (C=O) groups is 1. The van der Waals surface area contributed by atoms with Crippen molar-refractivity contribution in [2.75, 3.05) is 6.54 Å². The molecule has 2 aromatic heterocycles. The van der Waals surface area contributed by atoms with E-state index in [9.17, 15) is 9.18 Å². The fourth-order valence-electron chi connectivity index (χ4n) is 3.77. The van der Waals surface area contributed by atoms with Gasteiger partial charge in [0.15, 0.2) is 0 Å². The van der Waals surface area contributed by atoms with E-state index >= 15 is 0 Å². The molecular weight excluding hydrogens is 433 g/mol. The number of halogens is 1. The number of thiazole rings is 1. The number of benzene rings is 2. The summed E-state index contributed by atoms with van der Waals surface area (Å²) in [6, 6.07) is 14.5. The first-order chi connectivity index (χ1) is 15.2. The van der Waals surface area contributed by atoms with E-state index in [-0.39, 0.29) is 17.8 Å². The number of aromatic nitrogens is 3. The lowest BCUT2D eigenvalue weighted by atomic mass is 10.2. The molecule has 5 rings (SSSR count). The summed E-state index contributed by atoms with van der Waals surface area (Å²) in [5, 5.41) is 13.4. The molecule has 6 nitrogen and oxygen atoms in total. The number of nitrogens with zero attached hydrogens (tertiary/aromatic N) is 4. The standard InChI is InChI=1S/C22H20FN5OS2/c23-15-9-7-14(8-10-15)12-24-20(29)22-27-26-19(31-22)13-28-11-3-5-17(28)21-25-16-4-1-2-6-18(16)30-21/h1-2,4,6-10,17H,3,5,11-13H2,(H,24,29)/t17-/m0/s1. The summed E-state index contributed by atoms with van der Waals surface area (Å²) in [5.74, 6) is -0.563. The van der Waals surface area contributed by atoms with Gasteiger partial charge in [-0.05, 0) is 49.2 Å². The number of para-hydroxylation sites is 1. The highest BCUT2D eigenvalue weighted by molar-refractivity contribution is 7.18. The number of amides is 1. The summed E-state index contributed by atoms with van der Waals surface area (Å²) < 4.78 is 14.2. The topological polar surface area (TPSA) is 71.0 Å². The minimum atomic E-state index is -0.296. The van der Waals surface area contributed by atoms with Crippen molar-refractivity contribution in [1.82, 2.24) is 25.4 Å². The van der Waals surface area contributed by atoms with Gasteiger partial charge in [-0.1, -0.05) is 35.6 Å². The second kappa shape index (κ2) is 8.78. The lowest BCUT2D eigenvalue weighted by Crippen LogP contribution is -2.22. The molecule has 0 radical (unpaired) electrons. The Kier molecular flexibility index (Phi) is 5.71. The molecule has 3 heterocycles. The van der Waals surface area contributed by atoms with Crippen molar-refractivity contribution in [1.29, 1.82) is 0 Å². The van der Waals surface area contributed by atoms with E-state index in [1.807, 2.05) is 12.1 Å². The minimum absolute atomic E-state index is 0.266. The first-order valence-corrected chi connectivity index (χ1v) is 11.7. The molecule has 0 bridgehead atoms. The molecule has 158 valence electrons. The smallest absolute Gasteiger partial charge is 0.282 e. The van der Waals surface area contributed by atoms with Crippen LogP contribution in [-0.4, -0.2) is 32.5 Å². The fraction of sp³-hybridized carbons (Fsp3) is 0.273. The maximum absolute atomic E-state index is 13.0. The second-order valence-electron chi connectivity index (χ2n) is 7.46. The van der Waals surface area contributed by atoms with Crippen molar-refractivity contribution in [3.8, 4) is 0 Å². The van der Waals surface area contributed by atoms with Crippen LogP contribution in [0, 0.1) is 5.82 Å². The zero-order valence-corrected chi connectivity index (χ0v) is 18.3. The van der Waals surface area contributed by atoms with Crippen LogP contribution in [0.15, 0.2) is 48.5 Å². The van der Waals surface area contributed by atoms with Gasteiger partial charge < -0.3 is 5.32 Å². The molecule has 1 fully saturated rings. The highest BCUT2D eigenvalue weighted by Gasteiger charge is 2.29. The monoisotopic (exact) mass is 453 g/mol. The lowest BCUT2D eigenvalue weighted by molar-refractivity contribution is 0.0950. The first-order valence-electron chi connectivity index (χ1n) is 10.1. The van der Waals surface area contributed by atoms with Crippen LogP contribution < -0.4 is 5.32 Å². The lowest BCUT2D eigenvalue weighted by Gasteiger charge is -2.21. The van der Waals surface area contributed by atoms with Crippen molar-refractivity contribution in [2.24, 2.45) is 0 Å². The number of likely N-dealkylation sites (tertiary alicyclic amines) is 1. The molecule has 4 aromatic rings. The molecule has 9 heteroatoms. The Morgan fingerprint density at radius 3 is 2.81 bits per heavy atom. The Morgan fingerprint density at radius 1 is 1.13 bits per heavy atom. The zero-order valence-electron chi connectivity index (χ0n) is 16.6. The van der Waals surface area contributed by atoms with Crippen molar-refractivity contribution in [2.45, 2.75) is 32.0 Å². The average molecular weight is 454 g/mol. The predicted octanol–water partition coefficient (Wildman–Crippen LogP) is 4.55. The minimum Gasteiger partial charge on any atom is -0.346 e. The third-order valence-electron chi connectivity index (χ3n) is 5.32. The van der Waals surface area contributed by atoms with Gasteiger partial charge in [-0.2, -0.15) is 0 Å². The molecule has 0 aliphatic carbocycles. The molecule has 1 N–H and O–H groups in total. The van der Waals surface area contributed by atoms with E-state index in [0.29, 0.717) is 18.1 Å². The van der Waals surface area contributed by atoms with Crippen molar-refractivity contribution in [3.63, 3.8) is 0 Å². The quantitative estimate of drug-likeness (QED) is 0.464. The molecule has 2 aromatic carbocycles. The summed E-state index contributed by atoms with van der Waals surface area (Å²) in [5.41, 5.74) is 1.88. The van der Waals surface area contributed by atoms with Gasteiger partial charge >= 0.3 is 0 Å². The molecule has 1 saturated heterocycles. The molecule has 0 unspecified atom stereocenters. The Hall–Kier alpha value is -2.75. The fourth-order valence-corrected chi connectivity index (χ4v) is 5.69. The Labute approximate surface area is 186 Å². The summed E-state index contributed by atoms with van der Waals surface area (Å²) in [6.07, 6.45) is 2.19. The van der Waals surface area contributed by atoms with E-state index in [0.717, 1.165) is 40.5 Å². The predicted molar refractivity (Wildman–Crippen MR) is 119 cm³/mol. The van der Waals surface area contributed by atoms with Crippen LogP contribution in [0.4, 0.5) is 4.39 Å². The van der Waals surface area contributed by atoms with E-state index in [1.54, 1.807) is 23.5 Å². The van der Waals surface area contributed by atoms with E-state index in [2.05, 4.69) is 32.5 Å². The largest absolute Gasteiger partial charge is 0.346 e. The Balaban J connectivity index is 1.23. The number of carbonyl (C=O) groups excluding carboxylic acids is 1. The molecular formula is C22H20FN5OS2. The Bertz CT molecular complexity index is 1170. The normalized spacial score (nSPS) is 16.7. The van der Waals surface area contributed by atoms with Gasteiger partial charge in [0.25, 0.3) is 5.91 Å². The number of hydrogen-bond donors (Lipinski definition) is 1. The summed E-state index contributed by atoms with van der Waals surface area (Å²) in [7, 11) is 0. The van der Waals surface area contributed by atoms with E-state index in [4.69, 9.17) is 4.98 Å². The van der Waals surface area contributed by atoms with Gasteiger partial charge in [0, 0.05) is 6.54 Å². The maximum atomic E-state index is 13.0. The number of nitrogens with one attached hydrogen (secondary N) is 1. The maximum Gasteiger partial charge on any atom is 0.282 e. The Morgan fingerprint density at radius 2 is 1.97 bits per heavy atom. The number of hydrogen-bond acceptors (Lipinski definition) is 7. The van der Waals surface area contributed by atoms with Crippen LogP contribution in [0.3, 0.4) is 0 Å². The van der Waals surface area contributed by atoms with Gasteiger partial charge in [-0.3, -0.25) is 9.69 Å². The third-order valence-corrected chi connectivity index (χ3v) is 7.37. The molecule has 1 aliphatic rings. The SMILES string of the molecule is O=C(NCc1ccc(F)cc1)c1nnc(CN2CCC[C@H]2c2nc3ccccc3s2)s1. The number of fused-ring (bicyclic) bond motifs is 1. The first kappa shape index (κ1) is 20.2. The molecule has 0 saturated carbocycles. The van der Waals surface area contributed by atoms with Crippen molar-refractivity contribution in [3.05, 3.63) is 74.9 Å².